The third-order valence-electron chi connectivity index (χ3n) is 6.47. The third-order valence-corrected chi connectivity index (χ3v) is 6.47. The molecular formula is C27H37N3O. The first-order valence-corrected chi connectivity index (χ1v) is 11.4. The second-order valence-corrected chi connectivity index (χ2v) is 9.41. The number of amides is 1. The number of allylic oxidation sites excluding steroid dienone is 11. The summed E-state index contributed by atoms with van der Waals surface area (Å²) in [6.07, 6.45) is 23.7. The van der Waals surface area contributed by atoms with Crippen molar-refractivity contribution in [2.24, 2.45) is 11.3 Å². The molecule has 3 rings (SSSR count). The Morgan fingerprint density at radius 3 is 2.77 bits per heavy atom. The summed E-state index contributed by atoms with van der Waals surface area (Å²) < 4.78 is 0. The second kappa shape index (κ2) is 10.6. The van der Waals surface area contributed by atoms with Crippen molar-refractivity contribution in [3.63, 3.8) is 0 Å². The monoisotopic (exact) mass is 419 g/mol. The van der Waals surface area contributed by atoms with Gasteiger partial charge in [-0.3, -0.25) is 9.69 Å². The molecule has 1 fully saturated rings. The normalized spacial score (nSPS) is 23.2. The minimum Gasteiger partial charge on any atom is -0.342 e. The fourth-order valence-electron chi connectivity index (χ4n) is 4.26. The molecular weight excluding hydrogens is 382 g/mol. The molecule has 0 aromatic carbocycles. The van der Waals surface area contributed by atoms with Gasteiger partial charge in [0.2, 0.25) is 5.91 Å². The summed E-state index contributed by atoms with van der Waals surface area (Å²) in [5, 5.41) is 6.12. The molecule has 166 valence electrons. The van der Waals surface area contributed by atoms with Crippen LogP contribution in [0.2, 0.25) is 0 Å². The van der Waals surface area contributed by atoms with Gasteiger partial charge in [0, 0.05) is 5.70 Å². The standard InChI is InChI=1S/C27H37N3O/c1-21-10-9-13-25(18-22(21)2)28-23(3)29-26(31)20-30-16-14-27(4,15-17-30)19-24-11-7-5-6-8-12-24/h5,7-13,18,21,28H,3,6,14-17,19-20H2,1-2,4H3,(H,29,31). The zero-order chi connectivity index (χ0) is 22.3. The van der Waals surface area contributed by atoms with Gasteiger partial charge in [0.1, 0.15) is 5.82 Å². The topological polar surface area (TPSA) is 44.4 Å². The molecule has 1 saturated heterocycles. The Balaban J connectivity index is 1.43. The van der Waals surface area contributed by atoms with Crippen LogP contribution in [0.15, 0.2) is 83.9 Å². The second-order valence-electron chi connectivity index (χ2n) is 9.41. The molecule has 1 aliphatic heterocycles. The van der Waals surface area contributed by atoms with Crippen molar-refractivity contribution in [3.05, 3.63) is 83.9 Å². The summed E-state index contributed by atoms with van der Waals surface area (Å²) in [5.74, 6) is 0.916. The van der Waals surface area contributed by atoms with Crippen molar-refractivity contribution >= 4 is 5.91 Å². The Hall–Kier alpha value is -2.59. The van der Waals surface area contributed by atoms with Gasteiger partial charge in [-0.05, 0) is 74.8 Å². The van der Waals surface area contributed by atoms with E-state index in [0.29, 0.717) is 23.7 Å². The first-order valence-electron chi connectivity index (χ1n) is 11.4. The van der Waals surface area contributed by atoms with Gasteiger partial charge in [-0.1, -0.05) is 68.5 Å². The van der Waals surface area contributed by atoms with Gasteiger partial charge in [-0.2, -0.15) is 0 Å². The molecule has 3 aliphatic rings. The lowest BCUT2D eigenvalue weighted by Crippen LogP contribution is -2.44. The van der Waals surface area contributed by atoms with Crippen LogP contribution in [-0.2, 0) is 4.79 Å². The first kappa shape index (κ1) is 23.1. The number of hydrogen-bond donors (Lipinski definition) is 2. The molecule has 2 N–H and O–H groups in total. The van der Waals surface area contributed by atoms with Crippen LogP contribution >= 0.6 is 0 Å². The van der Waals surface area contributed by atoms with Crippen LogP contribution in [0.3, 0.4) is 0 Å². The van der Waals surface area contributed by atoms with Crippen LogP contribution in [0.4, 0.5) is 0 Å². The zero-order valence-corrected chi connectivity index (χ0v) is 19.3. The SMILES string of the molecule is C=C(NC(=O)CN1CCC(C)(CC2=CC=CCC=C2)CC1)NC1=CC=CC(C)C(C)=C1. The molecule has 0 radical (unpaired) electrons. The van der Waals surface area contributed by atoms with E-state index in [9.17, 15) is 4.79 Å². The highest BCUT2D eigenvalue weighted by atomic mass is 16.2. The van der Waals surface area contributed by atoms with Crippen molar-refractivity contribution in [3.8, 4) is 0 Å². The molecule has 4 heteroatoms. The third kappa shape index (κ3) is 7.25. The molecule has 1 heterocycles. The largest absolute Gasteiger partial charge is 0.342 e. The smallest absolute Gasteiger partial charge is 0.239 e. The van der Waals surface area contributed by atoms with E-state index in [2.05, 4.69) is 85.4 Å². The maximum atomic E-state index is 12.5. The van der Waals surface area contributed by atoms with E-state index in [1.54, 1.807) is 0 Å². The number of hydrogen-bond acceptors (Lipinski definition) is 3. The lowest BCUT2D eigenvalue weighted by molar-refractivity contribution is -0.122. The van der Waals surface area contributed by atoms with Crippen LogP contribution in [0, 0.1) is 11.3 Å². The van der Waals surface area contributed by atoms with Crippen molar-refractivity contribution in [1.82, 2.24) is 15.5 Å². The van der Waals surface area contributed by atoms with Crippen molar-refractivity contribution in [2.45, 2.75) is 46.5 Å². The van der Waals surface area contributed by atoms with Gasteiger partial charge in [0.05, 0.1) is 6.54 Å². The Kier molecular flexibility index (Phi) is 7.91. The van der Waals surface area contributed by atoms with Gasteiger partial charge in [-0.15, -0.1) is 0 Å². The van der Waals surface area contributed by atoms with E-state index in [1.807, 2.05) is 12.2 Å². The Morgan fingerprint density at radius 1 is 1.23 bits per heavy atom. The van der Waals surface area contributed by atoms with Crippen LogP contribution in [0.1, 0.15) is 46.5 Å². The molecule has 0 bridgehead atoms. The van der Waals surface area contributed by atoms with E-state index >= 15 is 0 Å². The molecule has 0 spiro atoms. The predicted octanol–water partition coefficient (Wildman–Crippen LogP) is 5.13. The summed E-state index contributed by atoms with van der Waals surface area (Å²) in [6.45, 7) is 12.9. The highest BCUT2D eigenvalue weighted by molar-refractivity contribution is 5.79. The Bertz CT molecular complexity index is 861. The summed E-state index contributed by atoms with van der Waals surface area (Å²) in [4.78, 5) is 14.8. The van der Waals surface area contributed by atoms with E-state index < -0.39 is 0 Å². The number of carbonyl (C=O) groups is 1. The molecule has 1 amide bonds. The first-order chi connectivity index (χ1) is 14.8. The fourth-order valence-corrected chi connectivity index (χ4v) is 4.26. The molecule has 4 nitrogen and oxygen atoms in total. The van der Waals surface area contributed by atoms with Gasteiger partial charge in [0.15, 0.2) is 0 Å². The van der Waals surface area contributed by atoms with Crippen molar-refractivity contribution in [1.29, 1.82) is 0 Å². The Morgan fingerprint density at radius 2 is 2.00 bits per heavy atom. The molecule has 1 atom stereocenters. The maximum absolute atomic E-state index is 12.5. The van der Waals surface area contributed by atoms with Gasteiger partial charge in [0.25, 0.3) is 0 Å². The molecule has 0 aromatic heterocycles. The van der Waals surface area contributed by atoms with E-state index in [0.717, 1.165) is 44.5 Å². The van der Waals surface area contributed by atoms with E-state index in [1.165, 1.54) is 11.1 Å². The van der Waals surface area contributed by atoms with Crippen LogP contribution in [0.5, 0.6) is 0 Å². The predicted molar refractivity (Wildman–Crippen MR) is 130 cm³/mol. The zero-order valence-electron chi connectivity index (χ0n) is 19.3. The minimum atomic E-state index is -0.0144. The van der Waals surface area contributed by atoms with Gasteiger partial charge < -0.3 is 10.6 Å². The summed E-state index contributed by atoms with van der Waals surface area (Å²) in [7, 11) is 0. The van der Waals surface area contributed by atoms with E-state index in [-0.39, 0.29) is 5.91 Å². The molecule has 31 heavy (non-hydrogen) atoms. The lowest BCUT2D eigenvalue weighted by atomic mass is 9.75. The highest BCUT2D eigenvalue weighted by Crippen LogP contribution is 2.37. The molecule has 0 saturated carbocycles. The number of nitrogens with one attached hydrogen (secondary N) is 2. The fraction of sp³-hybridized carbons (Fsp3) is 0.444. The van der Waals surface area contributed by atoms with Crippen molar-refractivity contribution < 1.29 is 4.79 Å². The van der Waals surface area contributed by atoms with Crippen LogP contribution in [-0.4, -0.2) is 30.4 Å². The number of carbonyl (C=O) groups excluding carboxylic acids is 1. The summed E-state index contributed by atoms with van der Waals surface area (Å²) in [6, 6.07) is 0. The lowest BCUT2D eigenvalue weighted by Gasteiger charge is -2.39. The van der Waals surface area contributed by atoms with Gasteiger partial charge >= 0.3 is 0 Å². The van der Waals surface area contributed by atoms with Crippen LogP contribution < -0.4 is 10.6 Å². The summed E-state index contributed by atoms with van der Waals surface area (Å²) in [5.41, 5.74) is 3.92. The molecule has 0 aromatic rings. The Labute approximate surface area is 187 Å². The highest BCUT2D eigenvalue weighted by Gasteiger charge is 2.31. The minimum absolute atomic E-state index is 0.0144. The molecule has 1 unspecified atom stereocenters. The average molecular weight is 420 g/mol. The van der Waals surface area contributed by atoms with Crippen molar-refractivity contribution in [2.75, 3.05) is 19.6 Å². The van der Waals surface area contributed by atoms with Crippen LogP contribution in [0.25, 0.3) is 0 Å². The number of piperidine rings is 1. The number of likely N-dealkylation sites (tertiary alicyclic amines) is 1. The number of rotatable bonds is 7. The maximum Gasteiger partial charge on any atom is 0.239 e. The molecule has 2 aliphatic carbocycles. The van der Waals surface area contributed by atoms with Gasteiger partial charge in [-0.25, -0.2) is 0 Å². The number of nitrogens with zero attached hydrogens (tertiary/aromatic N) is 1. The summed E-state index contributed by atoms with van der Waals surface area (Å²) >= 11 is 0. The quantitative estimate of drug-likeness (QED) is 0.601. The van der Waals surface area contributed by atoms with E-state index in [4.69, 9.17) is 0 Å². The average Bonchev–Trinajstić information content (AvgIpc) is 3.05.